The Morgan fingerprint density at radius 1 is 0.314 bits per heavy atom. The number of benzene rings is 8. The van der Waals surface area contributed by atoms with Gasteiger partial charge < -0.3 is 4.42 Å². The van der Waals surface area contributed by atoms with Crippen molar-refractivity contribution >= 4 is 43.5 Å². The molecule has 4 heteroatoms. The van der Waals surface area contributed by atoms with E-state index in [-0.39, 0.29) is 0 Å². The first kappa shape index (κ1) is 29.0. The number of hydrogen-bond acceptors (Lipinski definition) is 4. The van der Waals surface area contributed by atoms with Crippen LogP contribution in [-0.2, 0) is 0 Å². The normalized spacial score (nSPS) is 11.5. The fourth-order valence-corrected chi connectivity index (χ4v) is 7.25. The lowest BCUT2D eigenvalue weighted by atomic mass is 9.91. The number of furan rings is 1. The summed E-state index contributed by atoms with van der Waals surface area (Å²) in [5, 5.41) is 6.85. The molecular weight excluding hydrogens is 623 g/mol. The van der Waals surface area contributed by atoms with Gasteiger partial charge in [0.05, 0.1) is 0 Å². The van der Waals surface area contributed by atoms with E-state index in [0.717, 1.165) is 55.3 Å². The first-order valence-electron chi connectivity index (χ1n) is 17.1. The van der Waals surface area contributed by atoms with Crippen molar-refractivity contribution in [3.63, 3.8) is 0 Å². The lowest BCUT2D eigenvalue weighted by Crippen LogP contribution is -2.00. The van der Waals surface area contributed by atoms with Crippen LogP contribution in [0.4, 0.5) is 0 Å². The molecule has 0 radical (unpaired) electrons. The molecule has 0 bridgehead atoms. The zero-order chi connectivity index (χ0) is 33.7. The monoisotopic (exact) mass is 651 g/mol. The summed E-state index contributed by atoms with van der Waals surface area (Å²) in [6.07, 6.45) is 0. The number of hydrogen-bond donors (Lipinski definition) is 0. The van der Waals surface area contributed by atoms with Crippen LogP contribution in [0.2, 0.25) is 0 Å². The molecule has 0 aliphatic carbocycles. The zero-order valence-electron chi connectivity index (χ0n) is 27.5. The van der Waals surface area contributed by atoms with E-state index in [2.05, 4.69) is 103 Å². The molecule has 0 fully saturated rings. The summed E-state index contributed by atoms with van der Waals surface area (Å²) in [5.74, 6) is 1.87. The molecule has 10 aromatic rings. The van der Waals surface area contributed by atoms with E-state index in [4.69, 9.17) is 19.4 Å². The van der Waals surface area contributed by atoms with Gasteiger partial charge in [-0.3, -0.25) is 0 Å². The summed E-state index contributed by atoms with van der Waals surface area (Å²) in [6, 6.07) is 61.1. The van der Waals surface area contributed by atoms with Gasteiger partial charge in [0, 0.05) is 33.0 Å². The van der Waals surface area contributed by atoms with Gasteiger partial charge in [0.1, 0.15) is 11.2 Å². The van der Waals surface area contributed by atoms with Gasteiger partial charge in [-0.15, -0.1) is 0 Å². The van der Waals surface area contributed by atoms with Crippen LogP contribution in [0.15, 0.2) is 180 Å². The van der Waals surface area contributed by atoms with Crippen molar-refractivity contribution < 1.29 is 4.42 Å². The molecule has 2 heterocycles. The standard InChI is InChI=1S/C47H29N3O/c1-3-15-32(16-4-1)45-48-46(33-17-5-2-6-18-33)50-47(49-45)34-25-26-43-40(27-34)42-29-35(38-23-11-19-30-13-7-9-21-36(30)38)28-41(44(42)51-43)39-24-12-20-31-14-8-10-22-37(31)39/h1-29H. The van der Waals surface area contributed by atoms with Crippen LogP contribution in [0.5, 0.6) is 0 Å². The second kappa shape index (κ2) is 11.9. The Morgan fingerprint density at radius 2 is 0.824 bits per heavy atom. The molecule has 51 heavy (non-hydrogen) atoms. The molecule has 0 atom stereocenters. The van der Waals surface area contributed by atoms with Crippen LogP contribution >= 0.6 is 0 Å². The summed E-state index contributed by atoms with van der Waals surface area (Å²) in [6.45, 7) is 0. The molecule has 2 aromatic heterocycles. The summed E-state index contributed by atoms with van der Waals surface area (Å²) >= 11 is 0. The van der Waals surface area contributed by atoms with Crippen molar-refractivity contribution in [3.05, 3.63) is 176 Å². The van der Waals surface area contributed by atoms with Crippen LogP contribution < -0.4 is 0 Å². The molecule has 10 rings (SSSR count). The highest BCUT2D eigenvalue weighted by atomic mass is 16.3. The topological polar surface area (TPSA) is 51.8 Å². The second-order valence-corrected chi connectivity index (χ2v) is 12.8. The molecule has 0 N–H and O–H groups in total. The third-order valence-corrected chi connectivity index (χ3v) is 9.71. The molecular formula is C47H29N3O. The van der Waals surface area contributed by atoms with Gasteiger partial charge >= 0.3 is 0 Å². The minimum atomic E-state index is 0.610. The average molecular weight is 652 g/mol. The third kappa shape index (κ3) is 5.04. The number of rotatable bonds is 5. The number of nitrogens with zero attached hydrogens (tertiary/aromatic N) is 3. The molecule has 8 aromatic carbocycles. The van der Waals surface area contributed by atoms with Crippen LogP contribution in [0.25, 0.3) is 99.9 Å². The maximum absolute atomic E-state index is 6.79. The van der Waals surface area contributed by atoms with Crippen molar-refractivity contribution in [3.8, 4) is 56.4 Å². The summed E-state index contributed by atoms with van der Waals surface area (Å²) in [7, 11) is 0. The van der Waals surface area contributed by atoms with E-state index in [9.17, 15) is 0 Å². The fourth-order valence-electron chi connectivity index (χ4n) is 7.25. The zero-order valence-corrected chi connectivity index (χ0v) is 27.5. The molecule has 0 saturated carbocycles. The number of fused-ring (bicyclic) bond motifs is 5. The Kier molecular flexibility index (Phi) is 6.78. The summed E-state index contributed by atoms with van der Waals surface area (Å²) < 4.78 is 6.79. The van der Waals surface area contributed by atoms with Gasteiger partial charge in [-0.1, -0.05) is 146 Å². The molecule has 0 unspecified atom stereocenters. The van der Waals surface area contributed by atoms with E-state index in [1.54, 1.807) is 0 Å². The molecule has 0 aliphatic heterocycles. The van der Waals surface area contributed by atoms with Gasteiger partial charge in [0.25, 0.3) is 0 Å². The Balaban J connectivity index is 1.24. The average Bonchev–Trinajstić information content (AvgIpc) is 3.58. The Labute approximate surface area is 294 Å². The van der Waals surface area contributed by atoms with Gasteiger partial charge in [0.2, 0.25) is 0 Å². The van der Waals surface area contributed by atoms with Gasteiger partial charge in [-0.05, 0) is 68.6 Å². The molecule has 0 aliphatic rings. The minimum absolute atomic E-state index is 0.610. The highest BCUT2D eigenvalue weighted by molar-refractivity contribution is 6.15. The van der Waals surface area contributed by atoms with Crippen LogP contribution in [0.3, 0.4) is 0 Å². The van der Waals surface area contributed by atoms with Gasteiger partial charge in [0.15, 0.2) is 17.5 Å². The molecule has 4 nitrogen and oxygen atoms in total. The third-order valence-electron chi connectivity index (χ3n) is 9.71. The lowest BCUT2D eigenvalue weighted by Gasteiger charge is -2.12. The lowest BCUT2D eigenvalue weighted by molar-refractivity contribution is 0.670. The van der Waals surface area contributed by atoms with Crippen LogP contribution in [0, 0.1) is 0 Å². The van der Waals surface area contributed by atoms with Crippen molar-refractivity contribution in [2.45, 2.75) is 0 Å². The maximum Gasteiger partial charge on any atom is 0.164 e. The van der Waals surface area contributed by atoms with Crippen LogP contribution in [-0.4, -0.2) is 15.0 Å². The predicted molar refractivity (Wildman–Crippen MR) is 209 cm³/mol. The Hall–Kier alpha value is -6.91. The summed E-state index contributed by atoms with van der Waals surface area (Å²) in [4.78, 5) is 14.9. The van der Waals surface area contributed by atoms with Crippen molar-refractivity contribution in [1.82, 2.24) is 15.0 Å². The van der Waals surface area contributed by atoms with Crippen molar-refractivity contribution in [2.24, 2.45) is 0 Å². The molecule has 0 saturated heterocycles. The maximum atomic E-state index is 6.79. The SMILES string of the molecule is c1ccc(-c2nc(-c3ccccc3)nc(-c3ccc4oc5c(-c6cccc7ccccc67)cc(-c6cccc7ccccc67)cc5c4c3)n2)cc1. The van der Waals surface area contributed by atoms with Crippen molar-refractivity contribution in [2.75, 3.05) is 0 Å². The minimum Gasteiger partial charge on any atom is -0.455 e. The first-order chi connectivity index (χ1) is 25.3. The fraction of sp³-hybridized carbons (Fsp3) is 0. The van der Waals surface area contributed by atoms with Crippen LogP contribution in [0.1, 0.15) is 0 Å². The number of aromatic nitrogens is 3. The smallest absolute Gasteiger partial charge is 0.164 e. The van der Waals surface area contributed by atoms with E-state index in [1.807, 2.05) is 72.8 Å². The quantitative estimate of drug-likeness (QED) is 0.186. The largest absolute Gasteiger partial charge is 0.455 e. The highest BCUT2D eigenvalue weighted by Gasteiger charge is 2.19. The molecule has 0 spiro atoms. The van der Waals surface area contributed by atoms with E-state index in [0.29, 0.717) is 17.5 Å². The van der Waals surface area contributed by atoms with Gasteiger partial charge in [-0.25, -0.2) is 15.0 Å². The van der Waals surface area contributed by atoms with Crippen molar-refractivity contribution in [1.29, 1.82) is 0 Å². The second-order valence-electron chi connectivity index (χ2n) is 12.8. The van der Waals surface area contributed by atoms with Gasteiger partial charge in [-0.2, -0.15) is 0 Å². The van der Waals surface area contributed by atoms with E-state index >= 15 is 0 Å². The highest BCUT2D eigenvalue weighted by Crippen LogP contribution is 2.43. The molecule has 238 valence electrons. The Morgan fingerprint density at radius 3 is 1.47 bits per heavy atom. The first-order valence-corrected chi connectivity index (χ1v) is 17.1. The van der Waals surface area contributed by atoms with E-state index < -0.39 is 0 Å². The Bertz CT molecular complexity index is 2840. The van der Waals surface area contributed by atoms with E-state index in [1.165, 1.54) is 27.1 Å². The molecule has 0 amide bonds. The summed E-state index contributed by atoms with van der Waals surface area (Å²) in [5.41, 5.74) is 8.94. The predicted octanol–water partition coefficient (Wildman–Crippen LogP) is 12.4.